The lowest BCUT2D eigenvalue weighted by Crippen LogP contribution is -2.07. The van der Waals surface area contributed by atoms with Gasteiger partial charge in [0, 0.05) is 5.56 Å². The molecule has 0 saturated heterocycles. The molecule has 1 rings (SSSR count). The highest BCUT2D eigenvalue weighted by molar-refractivity contribution is 5.85. The van der Waals surface area contributed by atoms with Gasteiger partial charge in [0.25, 0.3) is 0 Å². The van der Waals surface area contributed by atoms with E-state index in [1.165, 1.54) is 27.5 Å². The second-order valence-corrected chi connectivity index (χ2v) is 3.40. The lowest BCUT2D eigenvalue weighted by Gasteiger charge is -2.12. The molecule has 1 N–H and O–H groups in total. The maximum atomic E-state index is 11.3. The van der Waals surface area contributed by atoms with Crippen molar-refractivity contribution in [3.8, 4) is 11.5 Å². The van der Waals surface area contributed by atoms with Gasteiger partial charge in [-0.3, -0.25) is 4.79 Å². The monoisotopic (exact) mass is 253 g/mol. The van der Waals surface area contributed by atoms with Crippen molar-refractivity contribution in [3.63, 3.8) is 0 Å². The molecular weight excluding hydrogens is 238 g/mol. The molecule has 0 unspecified atom stereocenters. The number of hydrogen-bond donors (Lipinski definition) is 1. The molecule has 0 radical (unpaired) electrons. The van der Waals surface area contributed by atoms with Gasteiger partial charge in [0.15, 0.2) is 11.5 Å². The molecule has 1 aromatic rings. The van der Waals surface area contributed by atoms with Crippen LogP contribution in [-0.2, 0) is 16.0 Å². The van der Waals surface area contributed by atoms with Crippen LogP contribution in [0.25, 0.3) is 0 Å². The summed E-state index contributed by atoms with van der Waals surface area (Å²) in [6, 6.07) is 3.27. The van der Waals surface area contributed by atoms with Crippen LogP contribution in [0.15, 0.2) is 17.3 Å². The van der Waals surface area contributed by atoms with Crippen molar-refractivity contribution >= 4 is 12.2 Å². The predicted molar refractivity (Wildman–Crippen MR) is 64.6 cm³/mol. The molecular formula is C12H15NO5. The zero-order chi connectivity index (χ0) is 13.5. The van der Waals surface area contributed by atoms with Gasteiger partial charge >= 0.3 is 5.97 Å². The Balaban J connectivity index is 3.23. The van der Waals surface area contributed by atoms with Crippen molar-refractivity contribution in [3.05, 3.63) is 23.3 Å². The van der Waals surface area contributed by atoms with Gasteiger partial charge in [-0.2, -0.15) is 0 Å². The van der Waals surface area contributed by atoms with Crippen LogP contribution in [0, 0.1) is 0 Å². The summed E-state index contributed by atoms with van der Waals surface area (Å²) in [6.07, 6.45) is 1.28. The first kappa shape index (κ1) is 13.8. The molecule has 0 heterocycles. The third-order valence-corrected chi connectivity index (χ3v) is 2.40. The van der Waals surface area contributed by atoms with E-state index >= 15 is 0 Å². The molecule has 0 atom stereocenters. The number of nitrogens with zero attached hydrogens (tertiary/aromatic N) is 1. The maximum absolute atomic E-state index is 11.3. The number of hydrogen-bond acceptors (Lipinski definition) is 6. The van der Waals surface area contributed by atoms with Gasteiger partial charge in [0.05, 0.1) is 34.0 Å². The fourth-order valence-electron chi connectivity index (χ4n) is 1.50. The SMILES string of the molecule is COC(=O)Cc1cc(OC)c(OC)cc1/C=N/O. The smallest absolute Gasteiger partial charge is 0.310 e. The van der Waals surface area contributed by atoms with Crippen molar-refractivity contribution in [2.45, 2.75) is 6.42 Å². The molecule has 0 aliphatic carbocycles. The second-order valence-electron chi connectivity index (χ2n) is 3.40. The van der Waals surface area contributed by atoms with Gasteiger partial charge in [0.1, 0.15) is 0 Å². The summed E-state index contributed by atoms with van der Waals surface area (Å²) in [4.78, 5) is 11.3. The van der Waals surface area contributed by atoms with Gasteiger partial charge in [-0.15, -0.1) is 0 Å². The molecule has 0 saturated carbocycles. The van der Waals surface area contributed by atoms with Crippen LogP contribution < -0.4 is 9.47 Å². The van der Waals surface area contributed by atoms with E-state index in [2.05, 4.69) is 9.89 Å². The lowest BCUT2D eigenvalue weighted by atomic mass is 10.0. The first-order chi connectivity index (χ1) is 8.65. The zero-order valence-corrected chi connectivity index (χ0v) is 10.5. The van der Waals surface area contributed by atoms with Crippen molar-refractivity contribution in [1.29, 1.82) is 0 Å². The molecule has 0 aliphatic rings. The van der Waals surface area contributed by atoms with E-state index in [0.717, 1.165) is 0 Å². The summed E-state index contributed by atoms with van der Waals surface area (Å²) in [5, 5.41) is 11.6. The normalized spacial score (nSPS) is 10.4. The summed E-state index contributed by atoms with van der Waals surface area (Å²) in [6.45, 7) is 0. The van der Waals surface area contributed by atoms with Crippen LogP contribution in [0.1, 0.15) is 11.1 Å². The summed E-state index contributed by atoms with van der Waals surface area (Å²) >= 11 is 0. The van der Waals surface area contributed by atoms with Gasteiger partial charge in [0.2, 0.25) is 0 Å². The minimum absolute atomic E-state index is 0.0538. The zero-order valence-electron chi connectivity index (χ0n) is 10.5. The number of esters is 1. The van der Waals surface area contributed by atoms with E-state index in [1.807, 2.05) is 0 Å². The first-order valence-electron chi connectivity index (χ1n) is 5.15. The van der Waals surface area contributed by atoms with E-state index in [-0.39, 0.29) is 6.42 Å². The molecule has 0 aromatic heterocycles. The Morgan fingerprint density at radius 1 is 1.28 bits per heavy atom. The van der Waals surface area contributed by atoms with Crippen LogP contribution in [0.5, 0.6) is 11.5 Å². The van der Waals surface area contributed by atoms with E-state index in [0.29, 0.717) is 22.6 Å². The summed E-state index contributed by atoms with van der Waals surface area (Å²) in [5.41, 5.74) is 1.18. The number of benzene rings is 1. The number of carbonyl (C=O) groups is 1. The maximum Gasteiger partial charge on any atom is 0.310 e. The third kappa shape index (κ3) is 3.13. The number of carbonyl (C=O) groups excluding carboxylic acids is 1. The molecule has 0 aliphatic heterocycles. The van der Waals surface area contributed by atoms with E-state index in [4.69, 9.17) is 14.7 Å². The van der Waals surface area contributed by atoms with Crippen LogP contribution >= 0.6 is 0 Å². The average molecular weight is 253 g/mol. The fourth-order valence-corrected chi connectivity index (χ4v) is 1.50. The van der Waals surface area contributed by atoms with Crippen molar-refractivity contribution < 1.29 is 24.2 Å². The van der Waals surface area contributed by atoms with Gasteiger partial charge in [-0.05, 0) is 17.7 Å². The van der Waals surface area contributed by atoms with Crippen LogP contribution in [0.3, 0.4) is 0 Å². The molecule has 1 aromatic carbocycles. The van der Waals surface area contributed by atoms with Gasteiger partial charge in [-0.1, -0.05) is 5.16 Å². The minimum Gasteiger partial charge on any atom is -0.493 e. The van der Waals surface area contributed by atoms with Crippen molar-refractivity contribution in [2.75, 3.05) is 21.3 Å². The number of methoxy groups -OCH3 is 3. The van der Waals surface area contributed by atoms with Crippen LogP contribution in [0.2, 0.25) is 0 Å². The molecule has 0 spiro atoms. The number of oxime groups is 1. The summed E-state index contributed by atoms with van der Waals surface area (Å²) in [7, 11) is 4.31. The van der Waals surface area contributed by atoms with E-state index in [9.17, 15) is 4.79 Å². The number of ether oxygens (including phenoxy) is 3. The van der Waals surface area contributed by atoms with Gasteiger partial charge < -0.3 is 19.4 Å². The quantitative estimate of drug-likeness (QED) is 0.369. The number of rotatable bonds is 5. The Kier molecular flexibility index (Phi) is 4.98. The minimum atomic E-state index is -0.394. The highest BCUT2D eigenvalue weighted by Crippen LogP contribution is 2.30. The molecule has 98 valence electrons. The summed E-state index contributed by atoms with van der Waals surface area (Å²) < 4.78 is 14.9. The molecule has 0 bridgehead atoms. The lowest BCUT2D eigenvalue weighted by molar-refractivity contribution is -0.139. The van der Waals surface area contributed by atoms with Gasteiger partial charge in [-0.25, -0.2) is 0 Å². The first-order valence-corrected chi connectivity index (χ1v) is 5.15. The predicted octanol–water partition coefficient (Wildman–Crippen LogP) is 1.23. The van der Waals surface area contributed by atoms with Crippen molar-refractivity contribution in [2.24, 2.45) is 5.16 Å². The molecule has 6 heteroatoms. The molecule has 18 heavy (non-hydrogen) atoms. The second kappa shape index (κ2) is 6.48. The standard InChI is InChI=1S/C12H15NO5/c1-16-10-4-8(6-12(14)18-3)9(7-13-15)5-11(10)17-2/h4-5,7,15H,6H2,1-3H3/b13-7+. The summed E-state index contributed by atoms with van der Waals surface area (Å²) in [5.74, 6) is 0.585. The Hall–Kier alpha value is -2.24. The Morgan fingerprint density at radius 2 is 1.89 bits per heavy atom. The topological polar surface area (TPSA) is 77.4 Å². The average Bonchev–Trinajstić information content (AvgIpc) is 2.40. The largest absolute Gasteiger partial charge is 0.493 e. The Morgan fingerprint density at radius 3 is 2.39 bits per heavy atom. The van der Waals surface area contributed by atoms with Crippen molar-refractivity contribution in [1.82, 2.24) is 0 Å². The van der Waals surface area contributed by atoms with Crippen LogP contribution in [0.4, 0.5) is 0 Å². The molecule has 6 nitrogen and oxygen atoms in total. The van der Waals surface area contributed by atoms with E-state index in [1.54, 1.807) is 12.1 Å². The Bertz CT molecular complexity index is 456. The third-order valence-electron chi connectivity index (χ3n) is 2.40. The van der Waals surface area contributed by atoms with Crippen LogP contribution in [-0.4, -0.2) is 38.7 Å². The Labute approximate surface area is 105 Å². The highest BCUT2D eigenvalue weighted by Gasteiger charge is 2.13. The molecule has 0 fully saturated rings. The van der Waals surface area contributed by atoms with E-state index < -0.39 is 5.97 Å². The molecule has 0 amide bonds. The fraction of sp³-hybridized carbons (Fsp3) is 0.333. The highest BCUT2D eigenvalue weighted by atomic mass is 16.5.